The van der Waals surface area contributed by atoms with E-state index in [9.17, 15) is 19.5 Å². The van der Waals surface area contributed by atoms with Crippen molar-refractivity contribution in [2.24, 2.45) is 19.2 Å². The van der Waals surface area contributed by atoms with Gasteiger partial charge in [0.05, 0.1) is 33.1 Å². The topological polar surface area (TPSA) is 125 Å². The molecule has 1 aliphatic heterocycles. The lowest BCUT2D eigenvalue weighted by atomic mass is 9.97. The first kappa shape index (κ1) is 21.9. The Bertz CT molecular complexity index is 1200. The number of hydrogen-bond donors (Lipinski definition) is 1. The summed E-state index contributed by atoms with van der Waals surface area (Å²) in [5, 5.41) is 16.0. The molecule has 0 aliphatic carbocycles. The molecule has 11 nitrogen and oxygen atoms in total. The molecule has 1 aromatic heterocycles. The normalized spacial score (nSPS) is 15.6. The van der Waals surface area contributed by atoms with Crippen LogP contribution in [0.2, 0.25) is 0 Å². The van der Waals surface area contributed by atoms with Crippen molar-refractivity contribution in [3.05, 3.63) is 44.1 Å². The number of hydrogen-bond acceptors (Lipinski definition) is 8. The molecule has 0 saturated carbocycles. The molecule has 1 N–H and O–H groups in total. The maximum Gasteiger partial charge on any atom is 0.333 e. The van der Waals surface area contributed by atoms with E-state index in [1.54, 1.807) is 12.1 Å². The fourth-order valence-corrected chi connectivity index (χ4v) is 3.67. The number of amides is 1. The molecule has 0 unspecified atom stereocenters. The zero-order valence-corrected chi connectivity index (χ0v) is 18.1. The lowest BCUT2D eigenvalue weighted by molar-refractivity contribution is -0.130. The van der Waals surface area contributed by atoms with E-state index in [0.29, 0.717) is 22.8 Å². The van der Waals surface area contributed by atoms with Gasteiger partial charge in [0.2, 0.25) is 17.5 Å². The molecule has 1 aromatic carbocycles. The van der Waals surface area contributed by atoms with Crippen LogP contribution in [0.25, 0.3) is 0 Å². The predicted octanol–water partition coefficient (Wildman–Crippen LogP) is 0.513. The van der Waals surface area contributed by atoms with Gasteiger partial charge in [0.15, 0.2) is 11.5 Å². The summed E-state index contributed by atoms with van der Waals surface area (Å²) >= 11 is 0. The van der Waals surface area contributed by atoms with Crippen molar-refractivity contribution in [3.8, 4) is 23.1 Å². The molecule has 11 heteroatoms. The maximum absolute atomic E-state index is 12.7. The van der Waals surface area contributed by atoms with Crippen molar-refractivity contribution in [3.63, 3.8) is 0 Å². The van der Waals surface area contributed by atoms with E-state index < -0.39 is 23.2 Å². The Morgan fingerprint density at radius 3 is 2.26 bits per heavy atom. The molecule has 3 rings (SSSR count). The van der Waals surface area contributed by atoms with Crippen molar-refractivity contribution in [2.45, 2.75) is 19.4 Å². The van der Waals surface area contributed by atoms with Crippen LogP contribution in [0, 0.1) is 0 Å². The van der Waals surface area contributed by atoms with Gasteiger partial charge in [-0.15, -0.1) is 0 Å². The summed E-state index contributed by atoms with van der Waals surface area (Å²) in [4.78, 5) is 37.2. The molecule has 0 fully saturated rings. The van der Waals surface area contributed by atoms with Crippen LogP contribution < -0.4 is 25.5 Å². The Morgan fingerprint density at radius 1 is 1.06 bits per heavy atom. The van der Waals surface area contributed by atoms with E-state index in [4.69, 9.17) is 14.2 Å². The highest BCUT2D eigenvalue weighted by molar-refractivity contribution is 6.04. The molecule has 31 heavy (non-hydrogen) atoms. The lowest BCUT2D eigenvalue weighted by Gasteiger charge is -2.24. The van der Waals surface area contributed by atoms with Gasteiger partial charge in [-0.25, -0.2) is 9.80 Å². The van der Waals surface area contributed by atoms with Gasteiger partial charge in [-0.2, -0.15) is 5.10 Å². The largest absolute Gasteiger partial charge is 0.494 e. The van der Waals surface area contributed by atoms with E-state index in [-0.39, 0.29) is 23.6 Å². The van der Waals surface area contributed by atoms with E-state index >= 15 is 0 Å². The van der Waals surface area contributed by atoms with Crippen molar-refractivity contribution in [1.82, 2.24) is 14.1 Å². The van der Waals surface area contributed by atoms with Gasteiger partial charge in [0.25, 0.3) is 5.56 Å². The van der Waals surface area contributed by atoms with Gasteiger partial charge in [-0.05, 0) is 12.1 Å². The average Bonchev–Trinajstić information content (AvgIpc) is 3.20. The first-order valence-corrected chi connectivity index (χ1v) is 9.33. The number of rotatable bonds is 5. The second-order valence-electron chi connectivity index (χ2n) is 6.96. The first-order valence-electron chi connectivity index (χ1n) is 9.33. The number of aromatic nitrogens is 2. The number of aromatic hydroxyl groups is 1. The molecule has 0 radical (unpaired) electrons. The highest BCUT2D eigenvalue weighted by Crippen LogP contribution is 2.46. The van der Waals surface area contributed by atoms with Crippen molar-refractivity contribution in [2.75, 3.05) is 21.3 Å². The lowest BCUT2D eigenvalue weighted by Crippen LogP contribution is -2.39. The highest BCUT2D eigenvalue weighted by atomic mass is 16.5. The Labute approximate surface area is 177 Å². The smallest absolute Gasteiger partial charge is 0.333 e. The van der Waals surface area contributed by atoms with Crippen molar-refractivity contribution >= 4 is 11.6 Å². The van der Waals surface area contributed by atoms with Gasteiger partial charge >= 0.3 is 5.69 Å². The molecular weight excluding hydrogens is 408 g/mol. The molecule has 2 heterocycles. The van der Waals surface area contributed by atoms with E-state index in [1.807, 2.05) is 0 Å². The standard InChI is InChI=1S/C20H24N4O7/c1-10(25)24-13(11-7-8-14(29-4)17(31-6)16(11)30-5)9-12(21-24)15-18(26)22(2)20(28)23(3)19(15)27/h7-8,13,26H,9H2,1-6H3/t13-/m1/s1. The van der Waals surface area contributed by atoms with Crippen LogP contribution >= 0.6 is 0 Å². The van der Waals surface area contributed by atoms with Crippen LogP contribution in [0.1, 0.15) is 30.5 Å². The van der Waals surface area contributed by atoms with Gasteiger partial charge in [-0.1, -0.05) is 0 Å². The Kier molecular flexibility index (Phi) is 5.78. The van der Waals surface area contributed by atoms with Gasteiger partial charge < -0.3 is 19.3 Å². The molecule has 1 atom stereocenters. The Balaban J connectivity index is 2.19. The molecule has 2 aromatic rings. The third-order valence-electron chi connectivity index (χ3n) is 5.25. The fraction of sp³-hybridized carbons (Fsp3) is 0.400. The third-order valence-corrected chi connectivity index (χ3v) is 5.25. The summed E-state index contributed by atoms with van der Waals surface area (Å²) in [5.41, 5.74) is -0.770. The summed E-state index contributed by atoms with van der Waals surface area (Å²) in [5.74, 6) is 0.252. The summed E-state index contributed by atoms with van der Waals surface area (Å²) in [7, 11) is 7.07. The van der Waals surface area contributed by atoms with E-state index in [0.717, 1.165) is 9.13 Å². The third kappa shape index (κ3) is 3.41. The summed E-state index contributed by atoms with van der Waals surface area (Å²) in [6, 6.07) is 2.76. The molecule has 0 saturated heterocycles. The molecule has 1 amide bonds. The van der Waals surface area contributed by atoms with E-state index in [2.05, 4.69) is 5.10 Å². The number of carbonyl (C=O) groups is 1. The maximum atomic E-state index is 12.7. The van der Waals surface area contributed by atoms with Crippen LogP contribution in [0.3, 0.4) is 0 Å². The van der Waals surface area contributed by atoms with Crippen LogP contribution in [-0.4, -0.2) is 52.2 Å². The molecule has 166 valence electrons. The van der Waals surface area contributed by atoms with Crippen LogP contribution in [0.5, 0.6) is 23.1 Å². The van der Waals surface area contributed by atoms with Crippen molar-refractivity contribution in [1.29, 1.82) is 0 Å². The minimum Gasteiger partial charge on any atom is -0.494 e. The van der Waals surface area contributed by atoms with Gasteiger partial charge in [-0.3, -0.25) is 18.7 Å². The Hall–Kier alpha value is -3.76. The number of carbonyl (C=O) groups excluding carboxylic acids is 1. The van der Waals surface area contributed by atoms with Crippen LogP contribution in [0.15, 0.2) is 26.8 Å². The average molecular weight is 432 g/mol. The zero-order chi connectivity index (χ0) is 23.0. The van der Waals surface area contributed by atoms with Crippen molar-refractivity contribution < 1.29 is 24.1 Å². The number of hydrazone groups is 1. The quantitative estimate of drug-likeness (QED) is 0.730. The highest BCUT2D eigenvalue weighted by Gasteiger charge is 2.37. The van der Waals surface area contributed by atoms with Crippen LogP contribution in [-0.2, 0) is 18.9 Å². The van der Waals surface area contributed by atoms with Crippen LogP contribution in [0.4, 0.5) is 0 Å². The minimum absolute atomic E-state index is 0.104. The zero-order valence-electron chi connectivity index (χ0n) is 18.1. The number of ether oxygens (including phenoxy) is 3. The number of benzene rings is 1. The first-order chi connectivity index (χ1) is 14.7. The fourth-order valence-electron chi connectivity index (χ4n) is 3.67. The number of methoxy groups -OCH3 is 3. The number of nitrogens with zero attached hydrogens (tertiary/aromatic N) is 4. The predicted molar refractivity (Wildman–Crippen MR) is 111 cm³/mol. The summed E-state index contributed by atoms with van der Waals surface area (Å²) in [6.45, 7) is 1.34. The SMILES string of the molecule is COc1ccc([C@H]2CC(c3c(O)n(C)c(=O)n(C)c3=O)=NN2C(C)=O)c(OC)c1OC. The van der Waals surface area contributed by atoms with Gasteiger partial charge in [0, 0.05) is 33.0 Å². The Morgan fingerprint density at radius 2 is 1.71 bits per heavy atom. The molecule has 0 spiro atoms. The monoisotopic (exact) mass is 432 g/mol. The minimum atomic E-state index is -0.706. The second kappa shape index (κ2) is 8.17. The summed E-state index contributed by atoms with van der Waals surface area (Å²) in [6.07, 6.45) is 0.104. The molecule has 1 aliphatic rings. The summed E-state index contributed by atoms with van der Waals surface area (Å²) < 4.78 is 18.1. The molecule has 0 bridgehead atoms. The van der Waals surface area contributed by atoms with Gasteiger partial charge in [0.1, 0.15) is 5.56 Å². The second-order valence-corrected chi connectivity index (χ2v) is 6.96. The molecular formula is C20H24N4O7. The van der Waals surface area contributed by atoms with E-state index in [1.165, 1.54) is 47.4 Å².